The van der Waals surface area contributed by atoms with Gasteiger partial charge in [-0.3, -0.25) is 0 Å². The monoisotopic (exact) mass is 693 g/mol. The van der Waals surface area contributed by atoms with Crippen LogP contribution in [0, 0.1) is 0 Å². The standard InChI is InChI=1S/C53H43N/c1-33(34-21-23-37(24-22-34)36-13-5-4-6-14-36)35-25-27-38(28-26-35)54-51-31-45-42-18-10-8-16-40(42)39-15-7-9-17-41(39)44(45)29-47(51)48-30-46-43-19-11-12-20-49(43)53(2,3)50(46)32-52(48)54/h5,7-29,31-33,46H,4,6,30H2,1-3H3. The number of hydrogen-bond donors (Lipinski definition) is 0. The number of fused-ring (bicyclic) bond motifs is 12. The number of aromatic nitrogens is 1. The summed E-state index contributed by atoms with van der Waals surface area (Å²) in [5.41, 5.74) is 15.1. The maximum Gasteiger partial charge on any atom is 0.0544 e. The van der Waals surface area contributed by atoms with Gasteiger partial charge in [0.05, 0.1) is 11.2 Å². The molecule has 1 heterocycles. The van der Waals surface area contributed by atoms with Gasteiger partial charge in [-0.15, -0.1) is 0 Å². The van der Waals surface area contributed by atoms with E-state index in [1.54, 1.807) is 0 Å². The zero-order chi connectivity index (χ0) is 36.1. The summed E-state index contributed by atoms with van der Waals surface area (Å²) in [7, 11) is 0. The van der Waals surface area contributed by atoms with Crippen LogP contribution in [0.5, 0.6) is 0 Å². The van der Waals surface area contributed by atoms with Crippen LogP contribution >= 0.6 is 0 Å². The molecule has 11 rings (SSSR count). The minimum atomic E-state index is -0.0179. The van der Waals surface area contributed by atoms with Crippen molar-refractivity contribution in [2.75, 3.05) is 0 Å². The SMILES string of the molecule is CC(c1ccc(C2=CCCC=C2)cc1)c1ccc(-n2c3c(c4cc5c6ccccc6c6ccccc6c5cc42)CC2C(=C3)C(C)(C)c3ccccc32)cc1. The van der Waals surface area contributed by atoms with Gasteiger partial charge in [0.2, 0.25) is 0 Å². The maximum absolute atomic E-state index is 2.57. The van der Waals surface area contributed by atoms with Crippen LogP contribution in [0.25, 0.3) is 60.6 Å². The van der Waals surface area contributed by atoms with Crippen LogP contribution in [0.1, 0.15) is 84.5 Å². The van der Waals surface area contributed by atoms with Crippen LogP contribution in [0.2, 0.25) is 0 Å². The molecule has 0 aliphatic heterocycles. The van der Waals surface area contributed by atoms with E-state index in [0.29, 0.717) is 11.8 Å². The van der Waals surface area contributed by atoms with Gasteiger partial charge in [0.1, 0.15) is 0 Å². The van der Waals surface area contributed by atoms with Gasteiger partial charge in [0, 0.05) is 28.3 Å². The number of benzene rings is 7. The first-order valence-electron chi connectivity index (χ1n) is 19.7. The second-order valence-corrected chi connectivity index (χ2v) is 16.3. The molecule has 0 saturated carbocycles. The van der Waals surface area contributed by atoms with Crippen LogP contribution in [0.15, 0.2) is 157 Å². The normalized spacial score (nSPS) is 17.7. The fraction of sp³-hybridized carbons (Fsp3) is 0.170. The fourth-order valence-electron chi connectivity index (χ4n) is 10.3. The molecule has 0 saturated heterocycles. The van der Waals surface area contributed by atoms with Gasteiger partial charge in [-0.2, -0.15) is 0 Å². The Labute approximate surface area is 317 Å². The van der Waals surface area contributed by atoms with Crippen molar-refractivity contribution in [2.45, 2.75) is 57.3 Å². The fourth-order valence-corrected chi connectivity index (χ4v) is 10.3. The lowest BCUT2D eigenvalue weighted by molar-refractivity contribution is 0.613. The van der Waals surface area contributed by atoms with E-state index in [0.717, 1.165) is 19.3 Å². The van der Waals surface area contributed by atoms with Gasteiger partial charge >= 0.3 is 0 Å². The molecule has 7 aromatic carbocycles. The molecular weight excluding hydrogens is 651 g/mol. The van der Waals surface area contributed by atoms with Gasteiger partial charge in [-0.05, 0) is 121 Å². The van der Waals surface area contributed by atoms with Crippen LogP contribution in [-0.2, 0) is 11.8 Å². The van der Waals surface area contributed by atoms with Crippen molar-refractivity contribution in [3.05, 3.63) is 196 Å². The summed E-state index contributed by atoms with van der Waals surface area (Å²) in [6.45, 7) is 7.18. The second kappa shape index (κ2) is 11.8. The zero-order valence-electron chi connectivity index (χ0n) is 31.2. The number of allylic oxidation sites excluding steroid dienone is 5. The summed E-state index contributed by atoms with van der Waals surface area (Å²) in [5, 5.41) is 9.31. The predicted molar refractivity (Wildman–Crippen MR) is 230 cm³/mol. The topological polar surface area (TPSA) is 4.93 Å². The van der Waals surface area contributed by atoms with E-state index in [1.807, 2.05) is 0 Å². The lowest BCUT2D eigenvalue weighted by Gasteiger charge is -2.28. The minimum Gasteiger partial charge on any atom is -0.310 e. The number of hydrogen-bond acceptors (Lipinski definition) is 0. The third-order valence-corrected chi connectivity index (χ3v) is 13.2. The van der Waals surface area contributed by atoms with E-state index < -0.39 is 0 Å². The van der Waals surface area contributed by atoms with Crippen molar-refractivity contribution in [3.8, 4) is 5.69 Å². The molecule has 2 atom stereocenters. The largest absolute Gasteiger partial charge is 0.310 e. The van der Waals surface area contributed by atoms with Gasteiger partial charge in [0.25, 0.3) is 0 Å². The maximum atomic E-state index is 2.57. The molecule has 1 heteroatoms. The van der Waals surface area contributed by atoms with Gasteiger partial charge < -0.3 is 4.57 Å². The van der Waals surface area contributed by atoms with E-state index in [2.05, 4.69) is 183 Å². The molecule has 260 valence electrons. The third kappa shape index (κ3) is 4.57. The lowest BCUT2D eigenvalue weighted by Crippen LogP contribution is -2.19. The zero-order valence-corrected chi connectivity index (χ0v) is 31.2. The van der Waals surface area contributed by atoms with Crippen molar-refractivity contribution < 1.29 is 0 Å². The number of nitrogens with zero attached hydrogens (tertiary/aromatic N) is 1. The molecule has 0 bridgehead atoms. The van der Waals surface area contributed by atoms with Gasteiger partial charge in [0.15, 0.2) is 0 Å². The molecule has 0 spiro atoms. The van der Waals surface area contributed by atoms with Crippen LogP contribution in [0.3, 0.4) is 0 Å². The molecule has 0 fully saturated rings. The summed E-state index contributed by atoms with van der Waals surface area (Å²) in [6.07, 6.45) is 12.8. The van der Waals surface area contributed by atoms with Gasteiger partial charge in [-0.25, -0.2) is 0 Å². The Morgan fingerprint density at radius 3 is 1.91 bits per heavy atom. The average molecular weight is 694 g/mol. The van der Waals surface area contributed by atoms with Crippen LogP contribution in [-0.4, -0.2) is 4.57 Å². The Balaban J connectivity index is 1.10. The Hall–Kier alpha value is -5.92. The molecule has 1 aromatic heterocycles. The molecule has 3 aliphatic rings. The van der Waals surface area contributed by atoms with Crippen LogP contribution in [0.4, 0.5) is 0 Å². The predicted octanol–water partition coefficient (Wildman–Crippen LogP) is 14.0. The second-order valence-electron chi connectivity index (χ2n) is 16.3. The van der Waals surface area contributed by atoms with Crippen molar-refractivity contribution in [2.24, 2.45) is 0 Å². The highest BCUT2D eigenvalue weighted by Crippen LogP contribution is 2.55. The smallest absolute Gasteiger partial charge is 0.0544 e. The first kappa shape index (κ1) is 31.6. The van der Waals surface area contributed by atoms with E-state index in [4.69, 9.17) is 0 Å². The molecule has 0 radical (unpaired) electrons. The first-order chi connectivity index (χ1) is 26.5. The highest BCUT2D eigenvalue weighted by Gasteiger charge is 2.44. The Morgan fingerprint density at radius 2 is 1.24 bits per heavy atom. The highest BCUT2D eigenvalue weighted by atomic mass is 15.0. The van der Waals surface area contributed by atoms with Crippen molar-refractivity contribution in [1.82, 2.24) is 4.57 Å². The molecule has 0 amide bonds. The summed E-state index contributed by atoms with van der Waals surface area (Å²) in [5.74, 6) is 0.690. The molecule has 0 N–H and O–H groups in total. The van der Waals surface area contributed by atoms with E-state index in [-0.39, 0.29) is 5.41 Å². The Morgan fingerprint density at radius 1 is 0.630 bits per heavy atom. The molecular formula is C53H43N. The van der Waals surface area contributed by atoms with Crippen LogP contribution < -0.4 is 0 Å². The molecule has 8 aromatic rings. The summed E-state index contributed by atoms with van der Waals surface area (Å²) in [4.78, 5) is 0. The van der Waals surface area contributed by atoms with Gasteiger partial charge in [-0.1, -0.05) is 154 Å². The number of rotatable bonds is 4. The average Bonchev–Trinajstić information content (AvgIpc) is 3.66. The van der Waals surface area contributed by atoms with Crippen molar-refractivity contribution in [3.63, 3.8) is 0 Å². The molecule has 54 heavy (non-hydrogen) atoms. The Kier molecular flexibility index (Phi) is 6.90. The third-order valence-electron chi connectivity index (χ3n) is 13.2. The minimum absolute atomic E-state index is 0.0179. The summed E-state index contributed by atoms with van der Waals surface area (Å²) >= 11 is 0. The summed E-state index contributed by atoms with van der Waals surface area (Å²) < 4.78 is 2.57. The van der Waals surface area contributed by atoms with E-state index in [9.17, 15) is 0 Å². The molecule has 1 nitrogen and oxygen atoms in total. The Bertz CT molecular complexity index is 2920. The van der Waals surface area contributed by atoms with Crippen molar-refractivity contribution >= 4 is 54.9 Å². The lowest BCUT2D eigenvalue weighted by atomic mass is 9.76. The first-order valence-corrected chi connectivity index (χ1v) is 19.7. The molecule has 3 aliphatic carbocycles. The van der Waals surface area contributed by atoms with E-state index >= 15 is 0 Å². The van der Waals surface area contributed by atoms with Crippen molar-refractivity contribution in [1.29, 1.82) is 0 Å². The molecule has 2 unspecified atom stereocenters. The summed E-state index contributed by atoms with van der Waals surface area (Å²) in [6, 6.07) is 50.8. The van der Waals surface area contributed by atoms with E-state index in [1.165, 1.54) is 99.1 Å². The highest BCUT2D eigenvalue weighted by molar-refractivity contribution is 6.27. The quantitative estimate of drug-likeness (QED) is 0.162.